The van der Waals surface area contributed by atoms with E-state index in [4.69, 9.17) is 4.74 Å². The van der Waals surface area contributed by atoms with Crippen molar-refractivity contribution in [2.24, 2.45) is 0 Å². The van der Waals surface area contributed by atoms with Gasteiger partial charge in [-0.2, -0.15) is 0 Å². The zero-order valence-electron chi connectivity index (χ0n) is 15.8. The van der Waals surface area contributed by atoms with Crippen LogP contribution in [0.15, 0.2) is 30.3 Å². The molecule has 1 N–H and O–H groups in total. The maximum atomic E-state index is 14.1. The molecule has 2 aromatic carbocycles. The number of urea groups is 1. The lowest BCUT2D eigenvalue weighted by molar-refractivity contribution is -0.00365. The second-order valence-corrected chi connectivity index (χ2v) is 7.53. The van der Waals surface area contributed by atoms with Crippen molar-refractivity contribution in [1.29, 1.82) is 0 Å². The van der Waals surface area contributed by atoms with Crippen molar-refractivity contribution in [1.82, 2.24) is 10.2 Å². The number of nitrogens with one attached hydrogen (secondary N) is 1. The van der Waals surface area contributed by atoms with Crippen molar-refractivity contribution >= 4 is 11.8 Å². The lowest BCUT2D eigenvalue weighted by Gasteiger charge is -2.43. The van der Waals surface area contributed by atoms with Crippen LogP contribution in [0.4, 0.5) is 22.4 Å². The van der Waals surface area contributed by atoms with Crippen LogP contribution in [-0.2, 0) is 6.54 Å². The fraction of sp³-hybridized carbons (Fsp3) is 0.333. The van der Waals surface area contributed by atoms with E-state index in [1.54, 1.807) is 0 Å². The molecule has 2 amide bonds. The number of carbonyl (C=O) groups is 2. The van der Waals surface area contributed by atoms with Crippen molar-refractivity contribution < 1.29 is 31.9 Å². The normalized spacial score (nSPS) is 17.5. The Morgan fingerprint density at radius 1 is 1.03 bits per heavy atom. The summed E-state index contributed by atoms with van der Waals surface area (Å²) >= 11 is 0. The van der Waals surface area contributed by atoms with E-state index in [0.717, 1.165) is 18.2 Å². The number of ketones is 1. The topological polar surface area (TPSA) is 58.6 Å². The highest BCUT2D eigenvalue weighted by Crippen LogP contribution is 2.41. The maximum Gasteiger partial charge on any atom is 0.317 e. The molecule has 1 saturated heterocycles. The molecule has 0 saturated carbocycles. The molecular formula is C21H18F4N2O3. The Balaban J connectivity index is 1.38. The van der Waals surface area contributed by atoms with Crippen molar-refractivity contribution in [3.63, 3.8) is 0 Å². The van der Waals surface area contributed by atoms with Gasteiger partial charge in [0.25, 0.3) is 0 Å². The molecule has 4 rings (SSSR count). The summed E-state index contributed by atoms with van der Waals surface area (Å²) in [6, 6.07) is 4.30. The fourth-order valence-corrected chi connectivity index (χ4v) is 3.86. The maximum absolute atomic E-state index is 14.1. The van der Waals surface area contributed by atoms with E-state index in [0.29, 0.717) is 6.07 Å². The van der Waals surface area contributed by atoms with E-state index in [1.807, 2.05) is 0 Å². The summed E-state index contributed by atoms with van der Waals surface area (Å²) in [5.74, 6) is -3.88. The van der Waals surface area contributed by atoms with Gasteiger partial charge in [0.05, 0.1) is 12.0 Å². The van der Waals surface area contributed by atoms with Crippen molar-refractivity contribution in [2.75, 3.05) is 13.1 Å². The molecule has 158 valence electrons. The zero-order chi connectivity index (χ0) is 21.5. The Kier molecular flexibility index (Phi) is 5.13. The van der Waals surface area contributed by atoms with E-state index >= 15 is 0 Å². The summed E-state index contributed by atoms with van der Waals surface area (Å²) < 4.78 is 60.0. The van der Waals surface area contributed by atoms with Crippen LogP contribution in [-0.4, -0.2) is 35.4 Å². The number of ether oxygens (including phenoxy) is 1. The van der Waals surface area contributed by atoms with Crippen molar-refractivity contribution in [2.45, 2.75) is 31.4 Å². The van der Waals surface area contributed by atoms with E-state index < -0.39 is 40.7 Å². The molecule has 0 radical (unpaired) electrons. The van der Waals surface area contributed by atoms with Crippen LogP contribution >= 0.6 is 0 Å². The first kappa shape index (κ1) is 20.2. The van der Waals surface area contributed by atoms with Gasteiger partial charge in [0.15, 0.2) is 17.3 Å². The Morgan fingerprint density at radius 2 is 1.73 bits per heavy atom. The highest BCUT2D eigenvalue weighted by Gasteiger charge is 2.44. The van der Waals surface area contributed by atoms with E-state index in [9.17, 15) is 27.2 Å². The third kappa shape index (κ3) is 3.83. The van der Waals surface area contributed by atoms with E-state index in [-0.39, 0.29) is 55.8 Å². The predicted molar refractivity (Wildman–Crippen MR) is 98.1 cm³/mol. The molecule has 2 aliphatic heterocycles. The molecule has 9 heteroatoms. The molecule has 1 fully saturated rings. The van der Waals surface area contributed by atoms with Crippen LogP contribution < -0.4 is 10.1 Å². The number of nitrogens with zero attached hydrogens (tertiary/aromatic N) is 1. The quantitative estimate of drug-likeness (QED) is 0.746. The first-order valence-corrected chi connectivity index (χ1v) is 9.44. The molecule has 0 unspecified atom stereocenters. The minimum absolute atomic E-state index is 0.0286. The minimum atomic E-state index is -0.956. The molecular weight excluding hydrogens is 404 g/mol. The van der Waals surface area contributed by atoms with Gasteiger partial charge < -0.3 is 15.0 Å². The number of Topliss-reactive ketones (excluding diaryl/α,β-unsaturated/α-hetero) is 1. The Bertz CT molecular complexity index is 1020. The van der Waals surface area contributed by atoms with Gasteiger partial charge in [0.2, 0.25) is 0 Å². The monoisotopic (exact) mass is 422 g/mol. The molecule has 30 heavy (non-hydrogen) atoms. The minimum Gasteiger partial charge on any atom is -0.483 e. The Hall–Kier alpha value is -3.10. The SMILES string of the molecule is O=C1CC2(CCN(C(=O)NCc3ccc(F)cc3F)CC2)Oc2c(F)cc(F)cc21. The second kappa shape index (κ2) is 7.62. The molecule has 2 heterocycles. The fourth-order valence-electron chi connectivity index (χ4n) is 3.86. The van der Waals surface area contributed by atoms with Crippen LogP contribution in [0.5, 0.6) is 5.75 Å². The summed E-state index contributed by atoms with van der Waals surface area (Å²) in [7, 11) is 0. The van der Waals surface area contributed by atoms with Gasteiger partial charge in [0.1, 0.15) is 23.1 Å². The third-order valence-electron chi connectivity index (χ3n) is 5.52. The van der Waals surface area contributed by atoms with Gasteiger partial charge in [-0.25, -0.2) is 22.4 Å². The number of rotatable bonds is 2. The molecule has 5 nitrogen and oxygen atoms in total. The summed E-state index contributed by atoms with van der Waals surface area (Å²) in [5.41, 5.74) is -0.916. The van der Waals surface area contributed by atoms with Crippen LogP contribution in [0.2, 0.25) is 0 Å². The first-order chi connectivity index (χ1) is 14.3. The number of amides is 2. The lowest BCUT2D eigenvalue weighted by atomic mass is 9.82. The van der Waals surface area contributed by atoms with Crippen LogP contribution in [0.3, 0.4) is 0 Å². The highest BCUT2D eigenvalue weighted by atomic mass is 19.1. The first-order valence-electron chi connectivity index (χ1n) is 9.44. The van der Waals surface area contributed by atoms with E-state index in [1.165, 1.54) is 11.0 Å². The number of hydrogen-bond acceptors (Lipinski definition) is 3. The Labute approximate surface area is 169 Å². The molecule has 0 aromatic heterocycles. The summed E-state index contributed by atoms with van der Waals surface area (Å²) in [5, 5.41) is 2.58. The predicted octanol–water partition coefficient (Wildman–Crippen LogP) is 3.95. The summed E-state index contributed by atoms with van der Waals surface area (Å²) in [6.45, 7) is 0.373. The average Bonchev–Trinajstić information content (AvgIpc) is 2.69. The van der Waals surface area contributed by atoms with Gasteiger partial charge in [-0.1, -0.05) is 6.07 Å². The number of carbonyl (C=O) groups excluding carboxylic acids is 2. The second-order valence-electron chi connectivity index (χ2n) is 7.53. The number of likely N-dealkylation sites (tertiary alicyclic amines) is 1. The van der Waals surface area contributed by atoms with Crippen molar-refractivity contribution in [3.8, 4) is 5.75 Å². The molecule has 2 aromatic rings. The van der Waals surface area contributed by atoms with Crippen LogP contribution in [0, 0.1) is 23.3 Å². The van der Waals surface area contributed by atoms with Crippen molar-refractivity contribution in [3.05, 3.63) is 64.7 Å². The van der Waals surface area contributed by atoms with Gasteiger partial charge in [0, 0.05) is 50.2 Å². The Morgan fingerprint density at radius 3 is 2.43 bits per heavy atom. The van der Waals surface area contributed by atoms with Crippen LogP contribution in [0.1, 0.15) is 35.2 Å². The number of piperidine rings is 1. The molecule has 0 aliphatic carbocycles. The van der Waals surface area contributed by atoms with Gasteiger partial charge in [-0.15, -0.1) is 0 Å². The van der Waals surface area contributed by atoms with Gasteiger partial charge in [-0.3, -0.25) is 4.79 Å². The number of fused-ring (bicyclic) bond motifs is 1. The summed E-state index contributed by atoms with van der Waals surface area (Å²) in [6.07, 6.45) is 0.541. The largest absolute Gasteiger partial charge is 0.483 e. The third-order valence-corrected chi connectivity index (χ3v) is 5.52. The molecule has 2 aliphatic rings. The smallest absolute Gasteiger partial charge is 0.317 e. The average molecular weight is 422 g/mol. The molecule has 0 atom stereocenters. The summed E-state index contributed by atoms with van der Waals surface area (Å²) in [4.78, 5) is 26.3. The highest BCUT2D eigenvalue weighted by molar-refractivity contribution is 6.00. The number of hydrogen-bond donors (Lipinski definition) is 1. The standard InChI is InChI=1S/C21H18F4N2O3/c22-13-2-1-12(16(24)8-13)11-26-20(29)27-5-3-21(4-6-27)10-18(28)15-7-14(23)9-17(25)19(15)30-21/h1-2,7-9H,3-6,10-11H2,(H,26,29). The zero-order valence-corrected chi connectivity index (χ0v) is 15.8. The van der Waals surface area contributed by atoms with E-state index in [2.05, 4.69) is 5.32 Å². The molecule has 0 bridgehead atoms. The molecule has 1 spiro atoms. The number of halogens is 4. The number of benzene rings is 2. The van der Waals surface area contributed by atoms with Crippen LogP contribution in [0.25, 0.3) is 0 Å². The lowest BCUT2D eigenvalue weighted by Crippen LogP contribution is -2.54. The van der Waals surface area contributed by atoms with Gasteiger partial charge in [-0.05, 0) is 12.1 Å². The van der Waals surface area contributed by atoms with Gasteiger partial charge >= 0.3 is 6.03 Å².